The number of carbonyl (C=O) groups is 2. The maximum atomic E-state index is 14.4. The number of aldehydes is 1. The number of nitrogens with one attached hydrogen (secondary N) is 1. The molecule has 0 aliphatic rings. The molecule has 6 nitrogen and oxygen atoms in total. The summed E-state index contributed by atoms with van der Waals surface area (Å²) in [6.07, 6.45) is 5.07. The first-order chi connectivity index (χ1) is 15.6. The lowest BCUT2D eigenvalue weighted by molar-refractivity contribution is -0.114. The second kappa shape index (κ2) is 17.2. The normalized spacial score (nSPS) is 11.2. The molecular formula is C26H40FN3O3. The zero-order chi connectivity index (χ0) is 26.1. The second-order valence-electron chi connectivity index (χ2n) is 6.72. The van der Waals surface area contributed by atoms with Gasteiger partial charge in [0.25, 0.3) is 5.91 Å². The van der Waals surface area contributed by atoms with Crippen molar-refractivity contribution in [3.05, 3.63) is 76.3 Å². The van der Waals surface area contributed by atoms with Crippen molar-refractivity contribution in [1.29, 1.82) is 0 Å². The van der Waals surface area contributed by atoms with Crippen LogP contribution < -0.4 is 11.1 Å². The van der Waals surface area contributed by atoms with Gasteiger partial charge in [0.2, 0.25) is 0 Å². The number of amides is 1. The third-order valence-corrected chi connectivity index (χ3v) is 3.80. The van der Waals surface area contributed by atoms with Crippen molar-refractivity contribution in [3.8, 4) is 0 Å². The van der Waals surface area contributed by atoms with Gasteiger partial charge >= 0.3 is 0 Å². The summed E-state index contributed by atoms with van der Waals surface area (Å²) in [4.78, 5) is 25.1. The molecule has 0 fully saturated rings. The highest BCUT2D eigenvalue weighted by Gasteiger charge is 2.23. The number of hydrogen-bond donors (Lipinski definition) is 2. The van der Waals surface area contributed by atoms with Crippen molar-refractivity contribution < 1.29 is 18.7 Å². The zero-order valence-corrected chi connectivity index (χ0v) is 21.7. The Hall–Kier alpha value is -3.35. The summed E-state index contributed by atoms with van der Waals surface area (Å²) in [6, 6.07) is 4.65. The molecule has 0 spiro atoms. The van der Waals surface area contributed by atoms with Gasteiger partial charge in [0.15, 0.2) is 0 Å². The van der Waals surface area contributed by atoms with Crippen LogP contribution in [0.25, 0.3) is 0 Å². The Morgan fingerprint density at radius 2 is 1.73 bits per heavy atom. The van der Waals surface area contributed by atoms with Crippen LogP contribution in [0.15, 0.2) is 64.9 Å². The fourth-order valence-corrected chi connectivity index (χ4v) is 2.40. The minimum Gasteiger partial charge on any atom is -0.456 e. The van der Waals surface area contributed by atoms with Gasteiger partial charge in [-0.05, 0) is 57.0 Å². The van der Waals surface area contributed by atoms with Crippen LogP contribution in [-0.4, -0.2) is 31.2 Å². The molecule has 0 radical (unpaired) electrons. The highest BCUT2D eigenvalue weighted by atomic mass is 19.1. The first kappa shape index (κ1) is 31.8. The van der Waals surface area contributed by atoms with E-state index in [0.717, 1.165) is 17.2 Å². The van der Waals surface area contributed by atoms with E-state index in [1.165, 1.54) is 6.07 Å². The lowest BCUT2D eigenvalue weighted by Gasteiger charge is -2.24. The number of primary amides is 1. The lowest BCUT2D eigenvalue weighted by Crippen LogP contribution is -2.28. The van der Waals surface area contributed by atoms with E-state index < -0.39 is 11.7 Å². The molecule has 0 aliphatic carbocycles. The van der Waals surface area contributed by atoms with Crippen LogP contribution in [0.4, 0.5) is 10.1 Å². The molecule has 184 valence electrons. The first-order valence-electron chi connectivity index (χ1n) is 11.0. The highest BCUT2D eigenvalue weighted by molar-refractivity contribution is 5.98. The molecule has 3 N–H and O–H groups in total. The maximum absolute atomic E-state index is 14.4. The van der Waals surface area contributed by atoms with Gasteiger partial charge in [-0.25, -0.2) is 4.39 Å². The van der Waals surface area contributed by atoms with Gasteiger partial charge < -0.3 is 20.7 Å². The number of halogens is 1. The number of benzene rings is 1. The smallest absolute Gasteiger partial charge is 0.256 e. The molecule has 0 aromatic heterocycles. The minimum absolute atomic E-state index is 0.0504. The lowest BCUT2D eigenvalue weighted by atomic mass is 10.1. The molecule has 0 saturated heterocycles. The third kappa shape index (κ3) is 10.7. The number of aryl methyl sites for hydroxylation is 1. The predicted molar refractivity (Wildman–Crippen MR) is 136 cm³/mol. The summed E-state index contributed by atoms with van der Waals surface area (Å²) >= 11 is 0. The average Bonchev–Trinajstić information content (AvgIpc) is 2.76. The van der Waals surface area contributed by atoms with Crippen LogP contribution in [0.5, 0.6) is 0 Å². The van der Waals surface area contributed by atoms with E-state index in [9.17, 15) is 14.0 Å². The number of rotatable bonds is 9. The van der Waals surface area contributed by atoms with E-state index in [2.05, 4.69) is 5.32 Å². The summed E-state index contributed by atoms with van der Waals surface area (Å²) in [5, 5.41) is 2.89. The Kier molecular flexibility index (Phi) is 16.6. The van der Waals surface area contributed by atoms with E-state index in [1.54, 1.807) is 50.2 Å². The van der Waals surface area contributed by atoms with E-state index in [4.69, 9.17) is 10.5 Å². The van der Waals surface area contributed by atoms with Crippen LogP contribution >= 0.6 is 0 Å². The molecule has 1 aromatic rings. The topological polar surface area (TPSA) is 84.7 Å². The minimum atomic E-state index is -0.838. The van der Waals surface area contributed by atoms with Crippen LogP contribution in [0.2, 0.25) is 0 Å². The molecule has 1 aromatic carbocycles. The predicted octanol–water partition coefficient (Wildman–Crippen LogP) is 5.83. The standard InChI is InChI=1S/C22H28FN3O3.2C2H6/c1-7-8-18(14(2)3)29-19(11-12-27)20(21(24)28)22(26(5)6)25-17-10-9-15(4)13-16(17)23;2*1-2/h7-13,25H,1-6H3,(H2,24,28);2*1-2H3/b8-7-,19-11+,22-20+;;. The summed E-state index contributed by atoms with van der Waals surface area (Å²) in [5.74, 6) is -0.740. The maximum Gasteiger partial charge on any atom is 0.256 e. The number of nitrogens with zero attached hydrogens (tertiary/aromatic N) is 1. The van der Waals surface area contributed by atoms with Gasteiger partial charge in [-0.3, -0.25) is 9.59 Å². The number of ether oxygens (including phenoxy) is 1. The molecule has 0 atom stereocenters. The second-order valence-corrected chi connectivity index (χ2v) is 6.72. The van der Waals surface area contributed by atoms with E-state index in [-0.39, 0.29) is 22.8 Å². The molecule has 0 aliphatic heterocycles. The summed E-state index contributed by atoms with van der Waals surface area (Å²) in [7, 11) is 3.31. The number of allylic oxidation sites excluding steroid dienone is 4. The molecule has 0 unspecified atom stereocenters. The summed E-state index contributed by atoms with van der Waals surface area (Å²) in [5.41, 5.74) is 7.26. The fraction of sp³-hybridized carbons (Fsp3) is 0.385. The number of anilines is 1. The van der Waals surface area contributed by atoms with Gasteiger partial charge in [-0.2, -0.15) is 0 Å². The van der Waals surface area contributed by atoms with Crippen molar-refractivity contribution in [2.75, 3.05) is 19.4 Å². The van der Waals surface area contributed by atoms with E-state index in [0.29, 0.717) is 12.0 Å². The Morgan fingerprint density at radius 3 is 2.12 bits per heavy atom. The largest absolute Gasteiger partial charge is 0.456 e. The van der Waals surface area contributed by atoms with Gasteiger partial charge in [-0.1, -0.05) is 39.8 Å². The SMILES string of the molecule is C/C=C\C(OC(=C/C=O)/C(C(N)=O)=C(/Nc1ccc(C)cc1F)N(C)C)=C(C)C.CC.CC. The van der Waals surface area contributed by atoms with Gasteiger partial charge in [0.05, 0.1) is 5.69 Å². The quantitative estimate of drug-likeness (QED) is 0.209. The zero-order valence-electron chi connectivity index (χ0n) is 21.7. The molecule has 7 heteroatoms. The van der Waals surface area contributed by atoms with Crippen LogP contribution in [-0.2, 0) is 14.3 Å². The van der Waals surface area contributed by atoms with Crippen molar-refractivity contribution in [2.24, 2.45) is 5.73 Å². The Bertz CT molecular complexity index is 894. The third-order valence-electron chi connectivity index (χ3n) is 3.80. The van der Waals surface area contributed by atoms with E-state index >= 15 is 0 Å². The van der Waals surface area contributed by atoms with Crippen molar-refractivity contribution >= 4 is 17.9 Å². The van der Waals surface area contributed by atoms with Gasteiger partial charge in [-0.15, -0.1) is 0 Å². The molecule has 1 amide bonds. The van der Waals surface area contributed by atoms with E-state index in [1.807, 2.05) is 48.5 Å². The van der Waals surface area contributed by atoms with Crippen LogP contribution in [0, 0.1) is 12.7 Å². The fourth-order valence-electron chi connectivity index (χ4n) is 2.40. The van der Waals surface area contributed by atoms with Crippen molar-refractivity contribution in [2.45, 2.75) is 55.4 Å². The van der Waals surface area contributed by atoms with Crippen molar-refractivity contribution in [1.82, 2.24) is 4.90 Å². The summed E-state index contributed by atoms with van der Waals surface area (Å²) < 4.78 is 20.2. The number of nitrogens with two attached hydrogens (primary N) is 1. The number of hydrogen-bond acceptors (Lipinski definition) is 5. The number of carbonyl (C=O) groups excluding carboxylic acids is 2. The van der Waals surface area contributed by atoms with Crippen LogP contribution in [0.3, 0.4) is 0 Å². The van der Waals surface area contributed by atoms with Gasteiger partial charge in [0.1, 0.15) is 35.0 Å². The van der Waals surface area contributed by atoms with Crippen molar-refractivity contribution in [3.63, 3.8) is 0 Å². The van der Waals surface area contributed by atoms with Crippen LogP contribution in [0.1, 0.15) is 54.0 Å². The van der Waals surface area contributed by atoms with Gasteiger partial charge in [0, 0.05) is 20.2 Å². The summed E-state index contributed by atoms with van der Waals surface area (Å²) in [6.45, 7) is 15.2. The highest BCUT2D eigenvalue weighted by Crippen LogP contribution is 2.25. The Morgan fingerprint density at radius 1 is 1.15 bits per heavy atom. The Balaban J connectivity index is 0. The molecule has 0 heterocycles. The molecular weight excluding hydrogens is 421 g/mol. The monoisotopic (exact) mass is 461 g/mol. The Labute approximate surface area is 198 Å². The molecule has 33 heavy (non-hydrogen) atoms. The molecule has 1 rings (SSSR count). The molecule has 0 bridgehead atoms. The first-order valence-corrected chi connectivity index (χ1v) is 11.0. The average molecular weight is 462 g/mol. The molecule has 0 saturated carbocycles.